The fourth-order valence-corrected chi connectivity index (χ4v) is 1.92. The molecule has 3 nitrogen and oxygen atoms in total. The van der Waals surface area contributed by atoms with E-state index in [9.17, 15) is 15.3 Å². The second kappa shape index (κ2) is 6.62. The summed E-state index contributed by atoms with van der Waals surface area (Å²) in [6.07, 6.45) is 5.31. The zero-order valence-corrected chi connectivity index (χ0v) is 12.0. The number of phenols is 2. The Labute approximate surface area is 115 Å². The summed E-state index contributed by atoms with van der Waals surface area (Å²) in [5, 5.41) is 28.7. The van der Waals surface area contributed by atoms with Crippen molar-refractivity contribution in [1.29, 1.82) is 0 Å². The SMILES string of the molecule is CC(=CCc1cc(O)ccc1O)CCCC(C)(C)O. The van der Waals surface area contributed by atoms with Gasteiger partial charge in [-0.25, -0.2) is 0 Å². The Morgan fingerprint density at radius 2 is 1.95 bits per heavy atom. The quantitative estimate of drug-likeness (QED) is 0.544. The molecule has 0 saturated carbocycles. The lowest BCUT2D eigenvalue weighted by Crippen LogP contribution is -2.17. The molecule has 3 N–H and O–H groups in total. The maximum absolute atomic E-state index is 9.66. The van der Waals surface area contributed by atoms with E-state index in [0.717, 1.165) is 24.8 Å². The van der Waals surface area contributed by atoms with E-state index in [-0.39, 0.29) is 11.5 Å². The van der Waals surface area contributed by atoms with Crippen LogP contribution in [0.15, 0.2) is 29.8 Å². The number of aromatic hydroxyl groups is 2. The van der Waals surface area contributed by atoms with Gasteiger partial charge in [-0.3, -0.25) is 0 Å². The van der Waals surface area contributed by atoms with E-state index >= 15 is 0 Å². The number of hydrogen-bond donors (Lipinski definition) is 3. The molecular weight excluding hydrogens is 240 g/mol. The molecular formula is C16H24O3. The van der Waals surface area contributed by atoms with Gasteiger partial charge in [-0.05, 0) is 64.7 Å². The van der Waals surface area contributed by atoms with E-state index in [2.05, 4.69) is 6.08 Å². The number of aliphatic hydroxyl groups is 1. The molecule has 0 unspecified atom stereocenters. The Balaban J connectivity index is 2.49. The lowest BCUT2D eigenvalue weighted by Gasteiger charge is -2.16. The van der Waals surface area contributed by atoms with Gasteiger partial charge in [-0.15, -0.1) is 0 Å². The zero-order valence-electron chi connectivity index (χ0n) is 12.0. The Morgan fingerprint density at radius 1 is 1.26 bits per heavy atom. The van der Waals surface area contributed by atoms with Crippen LogP contribution in [-0.2, 0) is 6.42 Å². The van der Waals surface area contributed by atoms with E-state index in [1.807, 2.05) is 20.8 Å². The first-order valence-electron chi connectivity index (χ1n) is 6.67. The number of benzene rings is 1. The van der Waals surface area contributed by atoms with Crippen molar-refractivity contribution in [3.05, 3.63) is 35.4 Å². The maximum atomic E-state index is 9.66. The van der Waals surface area contributed by atoms with Crippen LogP contribution in [0, 0.1) is 0 Å². The molecule has 1 aromatic carbocycles. The average Bonchev–Trinajstić information content (AvgIpc) is 2.28. The van der Waals surface area contributed by atoms with Crippen molar-refractivity contribution in [2.75, 3.05) is 0 Å². The van der Waals surface area contributed by atoms with Gasteiger partial charge in [0.1, 0.15) is 11.5 Å². The minimum absolute atomic E-state index is 0.167. The van der Waals surface area contributed by atoms with Gasteiger partial charge in [0, 0.05) is 5.56 Å². The fraction of sp³-hybridized carbons (Fsp3) is 0.500. The molecule has 0 heterocycles. The molecule has 0 spiro atoms. The summed E-state index contributed by atoms with van der Waals surface area (Å²) in [6.45, 7) is 5.68. The van der Waals surface area contributed by atoms with Gasteiger partial charge in [-0.2, -0.15) is 0 Å². The molecule has 3 heteroatoms. The van der Waals surface area contributed by atoms with E-state index < -0.39 is 5.60 Å². The van der Waals surface area contributed by atoms with Crippen LogP contribution in [0.3, 0.4) is 0 Å². The van der Waals surface area contributed by atoms with Crippen molar-refractivity contribution in [1.82, 2.24) is 0 Å². The molecule has 0 saturated heterocycles. The molecule has 0 atom stereocenters. The molecule has 0 fully saturated rings. The first-order chi connectivity index (χ1) is 8.78. The third-order valence-electron chi connectivity index (χ3n) is 3.09. The average molecular weight is 264 g/mol. The number of phenolic OH excluding ortho intramolecular Hbond substituents is 2. The first-order valence-corrected chi connectivity index (χ1v) is 6.67. The largest absolute Gasteiger partial charge is 0.508 e. The lowest BCUT2D eigenvalue weighted by atomic mass is 9.98. The predicted molar refractivity (Wildman–Crippen MR) is 77.4 cm³/mol. The molecule has 19 heavy (non-hydrogen) atoms. The smallest absolute Gasteiger partial charge is 0.119 e. The summed E-state index contributed by atoms with van der Waals surface area (Å²) in [6, 6.07) is 4.55. The van der Waals surface area contributed by atoms with Crippen molar-refractivity contribution >= 4 is 0 Å². The van der Waals surface area contributed by atoms with E-state index in [1.165, 1.54) is 17.7 Å². The van der Waals surface area contributed by atoms with Crippen LogP contribution in [0.4, 0.5) is 0 Å². The Bertz CT molecular complexity index is 442. The second-order valence-corrected chi connectivity index (χ2v) is 5.73. The summed E-state index contributed by atoms with van der Waals surface area (Å²) >= 11 is 0. The first kappa shape index (κ1) is 15.6. The molecule has 0 aliphatic heterocycles. The summed E-state index contributed by atoms with van der Waals surface area (Å²) in [4.78, 5) is 0. The Hall–Kier alpha value is -1.48. The van der Waals surface area contributed by atoms with E-state index in [4.69, 9.17) is 0 Å². The molecule has 0 aliphatic rings. The minimum Gasteiger partial charge on any atom is -0.508 e. The Morgan fingerprint density at radius 3 is 2.58 bits per heavy atom. The van der Waals surface area contributed by atoms with Crippen LogP contribution >= 0.6 is 0 Å². The van der Waals surface area contributed by atoms with Gasteiger partial charge in [0.25, 0.3) is 0 Å². The van der Waals surface area contributed by atoms with Crippen molar-refractivity contribution in [2.45, 2.75) is 52.1 Å². The third-order valence-corrected chi connectivity index (χ3v) is 3.09. The maximum Gasteiger partial charge on any atom is 0.119 e. The number of hydrogen-bond acceptors (Lipinski definition) is 3. The molecule has 0 amide bonds. The molecule has 0 aliphatic carbocycles. The van der Waals surface area contributed by atoms with Crippen LogP contribution in [-0.4, -0.2) is 20.9 Å². The summed E-state index contributed by atoms with van der Waals surface area (Å²) in [5.41, 5.74) is 1.35. The zero-order chi connectivity index (χ0) is 14.5. The second-order valence-electron chi connectivity index (χ2n) is 5.73. The van der Waals surface area contributed by atoms with Gasteiger partial charge in [0.05, 0.1) is 5.60 Å². The highest BCUT2D eigenvalue weighted by Gasteiger charge is 2.11. The van der Waals surface area contributed by atoms with E-state index in [0.29, 0.717) is 6.42 Å². The highest BCUT2D eigenvalue weighted by molar-refractivity contribution is 5.39. The highest BCUT2D eigenvalue weighted by atomic mass is 16.3. The molecule has 0 aromatic heterocycles. The minimum atomic E-state index is -0.607. The predicted octanol–water partition coefficient (Wildman–Crippen LogP) is 3.53. The standard InChI is InChI=1S/C16H24O3/c1-12(5-4-10-16(2,3)19)6-7-13-11-14(17)8-9-15(13)18/h6,8-9,11,17-19H,4-5,7,10H2,1-3H3. The van der Waals surface area contributed by atoms with Gasteiger partial charge >= 0.3 is 0 Å². The highest BCUT2D eigenvalue weighted by Crippen LogP contribution is 2.23. The van der Waals surface area contributed by atoms with Crippen LogP contribution in [0.1, 0.15) is 45.6 Å². The van der Waals surface area contributed by atoms with Crippen molar-refractivity contribution < 1.29 is 15.3 Å². The number of allylic oxidation sites excluding steroid dienone is 2. The number of rotatable bonds is 6. The van der Waals surface area contributed by atoms with Gasteiger partial charge < -0.3 is 15.3 Å². The third kappa shape index (κ3) is 6.30. The van der Waals surface area contributed by atoms with Gasteiger partial charge in [-0.1, -0.05) is 11.6 Å². The monoisotopic (exact) mass is 264 g/mol. The molecule has 1 aromatic rings. The lowest BCUT2D eigenvalue weighted by molar-refractivity contribution is 0.0689. The van der Waals surface area contributed by atoms with Gasteiger partial charge in [0.2, 0.25) is 0 Å². The van der Waals surface area contributed by atoms with Gasteiger partial charge in [0.15, 0.2) is 0 Å². The normalized spacial score (nSPS) is 12.7. The summed E-state index contributed by atoms with van der Waals surface area (Å²) in [5.74, 6) is 0.374. The molecule has 0 bridgehead atoms. The van der Waals surface area contributed by atoms with Crippen LogP contribution in [0.5, 0.6) is 11.5 Å². The fourth-order valence-electron chi connectivity index (χ4n) is 1.92. The molecule has 106 valence electrons. The summed E-state index contributed by atoms with van der Waals surface area (Å²) < 4.78 is 0. The van der Waals surface area contributed by atoms with Crippen molar-refractivity contribution in [3.8, 4) is 11.5 Å². The van der Waals surface area contributed by atoms with Crippen LogP contribution in [0.25, 0.3) is 0 Å². The molecule has 0 radical (unpaired) electrons. The van der Waals surface area contributed by atoms with Crippen molar-refractivity contribution in [2.24, 2.45) is 0 Å². The Kier molecular flexibility index (Phi) is 5.43. The van der Waals surface area contributed by atoms with E-state index in [1.54, 1.807) is 6.07 Å². The van der Waals surface area contributed by atoms with Crippen LogP contribution in [0.2, 0.25) is 0 Å². The van der Waals surface area contributed by atoms with Crippen LogP contribution < -0.4 is 0 Å². The summed E-state index contributed by atoms with van der Waals surface area (Å²) in [7, 11) is 0. The van der Waals surface area contributed by atoms with Crippen molar-refractivity contribution in [3.63, 3.8) is 0 Å². The molecule has 1 rings (SSSR count). The topological polar surface area (TPSA) is 60.7 Å².